The lowest BCUT2D eigenvalue weighted by Crippen LogP contribution is -2.49. The van der Waals surface area contributed by atoms with Crippen molar-refractivity contribution in [3.05, 3.63) is 17.0 Å². The Hall–Kier alpha value is -0.180. The number of hydrogen-bond acceptors (Lipinski definition) is 5. The lowest BCUT2D eigenvalue weighted by molar-refractivity contribution is 0.175. The van der Waals surface area contributed by atoms with Crippen molar-refractivity contribution in [2.24, 2.45) is 0 Å². The summed E-state index contributed by atoms with van der Waals surface area (Å²) >= 11 is 7.01. The molecule has 1 aromatic rings. The quantitative estimate of drug-likeness (QED) is 0.726. The van der Waals surface area contributed by atoms with Crippen molar-refractivity contribution in [2.75, 3.05) is 53.4 Å². The van der Waals surface area contributed by atoms with Gasteiger partial charge in [0.2, 0.25) is 0 Å². The Kier molecular flexibility index (Phi) is 6.05. The number of sulfonamides is 1. The van der Waals surface area contributed by atoms with Crippen molar-refractivity contribution < 1.29 is 8.42 Å². The maximum atomic E-state index is 12.6. The Balaban J connectivity index is 1.94. The Labute approximate surface area is 136 Å². The number of thiophene rings is 1. The number of likely N-dealkylation sites (N-methyl/N-ethyl adjacent to an activating group) is 1. The van der Waals surface area contributed by atoms with Gasteiger partial charge in [0.1, 0.15) is 4.21 Å². The maximum Gasteiger partial charge on any atom is 0.252 e. The van der Waals surface area contributed by atoms with Crippen LogP contribution in [-0.4, -0.2) is 75.9 Å². The molecule has 1 aliphatic rings. The number of alkyl halides is 1. The van der Waals surface area contributed by atoms with E-state index in [4.69, 9.17) is 11.6 Å². The fourth-order valence-electron chi connectivity index (χ4n) is 2.23. The van der Waals surface area contributed by atoms with Gasteiger partial charge in [0.25, 0.3) is 10.0 Å². The summed E-state index contributed by atoms with van der Waals surface area (Å²) in [7, 11) is 0.745. The summed E-state index contributed by atoms with van der Waals surface area (Å²) in [5, 5.41) is 0. The molecular weight excluding hydrogens is 330 g/mol. The third-order valence-electron chi connectivity index (χ3n) is 3.56. The average Bonchev–Trinajstić information content (AvgIpc) is 2.95. The zero-order valence-corrected chi connectivity index (χ0v) is 14.8. The van der Waals surface area contributed by atoms with Crippen molar-refractivity contribution >= 4 is 33.0 Å². The largest absolute Gasteiger partial charge is 0.308 e. The second-order valence-electron chi connectivity index (χ2n) is 5.40. The molecule has 5 nitrogen and oxygen atoms in total. The zero-order chi connectivity index (χ0) is 15.5. The molecule has 1 saturated heterocycles. The first kappa shape index (κ1) is 17.2. The van der Waals surface area contributed by atoms with Crippen LogP contribution >= 0.6 is 22.9 Å². The molecule has 2 heterocycles. The van der Waals surface area contributed by atoms with Crippen LogP contribution in [0.3, 0.4) is 0 Å². The minimum absolute atomic E-state index is 0.360. The average molecular weight is 352 g/mol. The van der Waals surface area contributed by atoms with E-state index in [2.05, 4.69) is 9.80 Å². The number of piperazine rings is 1. The van der Waals surface area contributed by atoms with Gasteiger partial charge in [-0.2, -0.15) is 4.31 Å². The molecule has 0 aliphatic carbocycles. The summed E-state index contributed by atoms with van der Waals surface area (Å²) in [6.45, 7) is 4.68. The molecule has 0 radical (unpaired) electrons. The second-order valence-corrected chi connectivity index (χ2v) is 9.00. The molecule has 0 atom stereocenters. The van der Waals surface area contributed by atoms with E-state index in [1.54, 1.807) is 16.4 Å². The van der Waals surface area contributed by atoms with Gasteiger partial charge in [-0.1, -0.05) is 0 Å². The smallest absolute Gasteiger partial charge is 0.252 e. The molecule has 0 unspecified atom stereocenters. The van der Waals surface area contributed by atoms with Crippen LogP contribution in [0.15, 0.2) is 16.3 Å². The predicted molar refractivity (Wildman–Crippen MR) is 87.6 cm³/mol. The van der Waals surface area contributed by atoms with Gasteiger partial charge in [-0.25, -0.2) is 8.42 Å². The van der Waals surface area contributed by atoms with E-state index in [0.29, 0.717) is 23.2 Å². The molecule has 0 saturated carbocycles. The minimum Gasteiger partial charge on any atom is -0.308 e. The number of hydrogen-bond donors (Lipinski definition) is 0. The highest BCUT2D eigenvalue weighted by Gasteiger charge is 2.29. The molecule has 0 spiro atoms. The summed E-state index contributed by atoms with van der Waals surface area (Å²) in [6, 6.07) is 3.45. The number of nitrogens with zero attached hydrogens (tertiary/aromatic N) is 3. The highest BCUT2D eigenvalue weighted by Crippen LogP contribution is 2.26. The fourth-order valence-corrected chi connectivity index (χ4v) is 5.27. The fraction of sp³-hybridized carbons (Fsp3) is 0.692. The molecular formula is C13H22ClN3O2S2. The van der Waals surface area contributed by atoms with Crippen molar-refractivity contribution in [3.8, 4) is 0 Å². The van der Waals surface area contributed by atoms with Gasteiger partial charge in [0, 0.05) is 44.1 Å². The molecule has 21 heavy (non-hydrogen) atoms. The molecule has 1 aliphatic heterocycles. The van der Waals surface area contributed by atoms with Crippen LogP contribution in [0, 0.1) is 0 Å². The van der Waals surface area contributed by atoms with Crippen LogP contribution in [0.4, 0.5) is 0 Å². The second kappa shape index (κ2) is 7.39. The lowest BCUT2D eigenvalue weighted by Gasteiger charge is -2.34. The topological polar surface area (TPSA) is 43.9 Å². The van der Waals surface area contributed by atoms with E-state index in [1.807, 2.05) is 14.1 Å². The highest BCUT2D eigenvalue weighted by molar-refractivity contribution is 7.91. The number of halogens is 1. The molecule has 1 fully saturated rings. The molecule has 0 bridgehead atoms. The molecule has 0 N–H and O–H groups in total. The molecule has 0 aromatic carbocycles. The summed E-state index contributed by atoms with van der Waals surface area (Å²) in [5.41, 5.74) is 0. The van der Waals surface area contributed by atoms with Gasteiger partial charge in [-0.15, -0.1) is 22.9 Å². The standard InChI is InChI=1S/C13H22ClN3O2S2/c1-15(2)5-6-16-7-9-17(10-8-16)21(18,19)13-4-3-12(11-14)20-13/h3-4H,5-11H2,1-2H3. The summed E-state index contributed by atoms with van der Waals surface area (Å²) < 4.78 is 27.1. The van der Waals surface area contributed by atoms with E-state index in [0.717, 1.165) is 31.1 Å². The summed E-state index contributed by atoms with van der Waals surface area (Å²) in [5.74, 6) is 0.360. The van der Waals surface area contributed by atoms with Gasteiger partial charge >= 0.3 is 0 Å². The first-order valence-corrected chi connectivity index (χ1v) is 9.74. The maximum absolute atomic E-state index is 12.6. The minimum atomic E-state index is -3.35. The first-order chi connectivity index (χ1) is 9.93. The SMILES string of the molecule is CN(C)CCN1CCN(S(=O)(=O)c2ccc(CCl)s2)CC1. The van der Waals surface area contributed by atoms with Crippen LogP contribution in [0.25, 0.3) is 0 Å². The van der Waals surface area contributed by atoms with Crippen LogP contribution in [0.1, 0.15) is 4.88 Å². The van der Waals surface area contributed by atoms with Crippen LogP contribution < -0.4 is 0 Å². The molecule has 120 valence electrons. The molecule has 8 heteroatoms. The Bertz CT molecular complexity index is 552. The predicted octanol–water partition coefficient (Wildman–Crippen LogP) is 1.35. The summed E-state index contributed by atoms with van der Waals surface area (Å²) in [6.07, 6.45) is 0. The van der Waals surface area contributed by atoms with Gasteiger partial charge in [0.15, 0.2) is 0 Å². The highest BCUT2D eigenvalue weighted by atomic mass is 35.5. The van der Waals surface area contributed by atoms with E-state index in [9.17, 15) is 8.42 Å². The Morgan fingerprint density at radius 2 is 1.90 bits per heavy atom. The van der Waals surface area contributed by atoms with Crippen molar-refractivity contribution in [1.29, 1.82) is 0 Å². The van der Waals surface area contributed by atoms with E-state index in [-0.39, 0.29) is 0 Å². The molecule has 2 rings (SSSR count). The van der Waals surface area contributed by atoms with Gasteiger partial charge in [0.05, 0.1) is 5.88 Å². The van der Waals surface area contributed by atoms with E-state index >= 15 is 0 Å². The van der Waals surface area contributed by atoms with Crippen molar-refractivity contribution in [1.82, 2.24) is 14.1 Å². The normalized spacial score (nSPS) is 18.5. The van der Waals surface area contributed by atoms with Crippen LogP contribution in [-0.2, 0) is 15.9 Å². The molecule has 1 aromatic heterocycles. The lowest BCUT2D eigenvalue weighted by atomic mass is 10.3. The Morgan fingerprint density at radius 1 is 1.24 bits per heavy atom. The summed E-state index contributed by atoms with van der Waals surface area (Å²) in [4.78, 5) is 5.34. The van der Waals surface area contributed by atoms with E-state index in [1.165, 1.54) is 11.3 Å². The third kappa shape index (κ3) is 4.40. The third-order valence-corrected chi connectivity index (χ3v) is 7.46. The zero-order valence-electron chi connectivity index (χ0n) is 12.5. The van der Waals surface area contributed by atoms with Gasteiger partial charge < -0.3 is 4.90 Å². The van der Waals surface area contributed by atoms with Crippen LogP contribution in [0.2, 0.25) is 0 Å². The number of rotatable bonds is 6. The van der Waals surface area contributed by atoms with Crippen molar-refractivity contribution in [3.63, 3.8) is 0 Å². The first-order valence-electron chi connectivity index (χ1n) is 6.95. The van der Waals surface area contributed by atoms with Crippen molar-refractivity contribution in [2.45, 2.75) is 10.1 Å². The Morgan fingerprint density at radius 3 is 2.43 bits per heavy atom. The van der Waals surface area contributed by atoms with Crippen LogP contribution in [0.5, 0.6) is 0 Å². The molecule has 0 amide bonds. The van der Waals surface area contributed by atoms with Gasteiger partial charge in [-0.3, -0.25) is 4.90 Å². The van der Waals surface area contributed by atoms with E-state index < -0.39 is 10.0 Å². The monoisotopic (exact) mass is 351 g/mol. The van der Waals surface area contributed by atoms with Gasteiger partial charge in [-0.05, 0) is 26.2 Å².